The molecule has 0 aliphatic heterocycles. The third-order valence-corrected chi connectivity index (χ3v) is 6.88. The number of hydrogen-bond acceptors (Lipinski definition) is 6. The molecule has 5 N–H and O–H groups in total. The Morgan fingerprint density at radius 1 is 1.23 bits per heavy atom. The number of anilines is 1. The summed E-state index contributed by atoms with van der Waals surface area (Å²) in [5, 5.41) is 4.42. The Hall–Kier alpha value is -3.32. The number of halogens is 1. The molecule has 3 aromatic rings. The number of pyridine rings is 1. The molecular formula is C27H33ClN6O. The van der Waals surface area contributed by atoms with Crippen molar-refractivity contribution in [2.75, 3.05) is 11.9 Å². The lowest BCUT2D eigenvalue weighted by Gasteiger charge is -2.23. The number of nitrogens with one attached hydrogen (secondary N) is 1. The van der Waals surface area contributed by atoms with Gasteiger partial charge in [-0.15, -0.1) is 0 Å². The van der Waals surface area contributed by atoms with Crippen LogP contribution in [0.2, 0.25) is 5.02 Å². The highest BCUT2D eigenvalue weighted by molar-refractivity contribution is 6.33. The van der Waals surface area contributed by atoms with E-state index in [4.69, 9.17) is 23.1 Å². The summed E-state index contributed by atoms with van der Waals surface area (Å²) in [5.74, 6) is 0.982. The highest BCUT2D eigenvalue weighted by atomic mass is 35.5. The third kappa shape index (κ3) is 5.51. The Balaban J connectivity index is 1.83. The fourth-order valence-electron chi connectivity index (χ4n) is 4.68. The van der Waals surface area contributed by atoms with Crippen LogP contribution in [0.1, 0.15) is 51.5 Å². The average molecular weight is 493 g/mol. The van der Waals surface area contributed by atoms with Gasteiger partial charge in [-0.05, 0) is 68.2 Å². The maximum absolute atomic E-state index is 13.8. The summed E-state index contributed by atoms with van der Waals surface area (Å²) in [6.45, 7) is 5.21. The van der Waals surface area contributed by atoms with Gasteiger partial charge in [0.05, 0.1) is 0 Å². The first-order valence-corrected chi connectivity index (χ1v) is 12.6. The van der Waals surface area contributed by atoms with E-state index in [2.05, 4.69) is 15.3 Å². The first kappa shape index (κ1) is 24.8. The molecule has 1 fully saturated rings. The van der Waals surface area contributed by atoms with Crippen molar-refractivity contribution in [2.24, 2.45) is 17.4 Å². The second-order valence-electron chi connectivity index (χ2n) is 9.19. The van der Waals surface area contributed by atoms with Crippen LogP contribution in [-0.4, -0.2) is 21.1 Å². The van der Waals surface area contributed by atoms with Gasteiger partial charge in [0.15, 0.2) is 0 Å². The Labute approximate surface area is 210 Å². The average Bonchev–Trinajstić information content (AvgIpc) is 2.86. The summed E-state index contributed by atoms with van der Waals surface area (Å²) in [6.07, 6.45) is 11.0. The summed E-state index contributed by atoms with van der Waals surface area (Å²) >= 11 is 6.70. The van der Waals surface area contributed by atoms with Crippen molar-refractivity contribution in [3.05, 3.63) is 69.3 Å². The van der Waals surface area contributed by atoms with Gasteiger partial charge in [0, 0.05) is 46.5 Å². The quantitative estimate of drug-likeness (QED) is 0.386. The molecule has 1 aliphatic carbocycles. The second-order valence-corrected chi connectivity index (χ2v) is 9.59. The van der Waals surface area contributed by atoms with E-state index < -0.39 is 0 Å². The van der Waals surface area contributed by atoms with E-state index in [1.54, 1.807) is 18.3 Å². The zero-order valence-electron chi connectivity index (χ0n) is 20.4. The second kappa shape index (κ2) is 11.0. The van der Waals surface area contributed by atoms with Gasteiger partial charge in [0.2, 0.25) is 5.95 Å². The molecule has 1 saturated carbocycles. The number of nitrogens with zero attached hydrogens (tertiary/aromatic N) is 3. The van der Waals surface area contributed by atoms with Crippen LogP contribution >= 0.6 is 11.6 Å². The molecule has 0 unspecified atom stereocenters. The lowest BCUT2D eigenvalue weighted by atomic mass is 9.89. The molecule has 0 radical (unpaired) electrons. The van der Waals surface area contributed by atoms with Crippen LogP contribution in [0.15, 0.2) is 53.1 Å². The molecular weight excluding hydrogens is 460 g/mol. The number of hydrogen-bond donors (Lipinski definition) is 3. The SMILES string of the molecule is CCNc1ncc2cc(-c3ccc(/C(N)=C/C(C)=C\N)cc3Cl)c(=O)n(CC3CCCCC3)c2n1. The fourth-order valence-corrected chi connectivity index (χ4v) is 4.96. The van der Waals surface area contributed by atoms with Gasteiger partial charge in [-0.2, -0.15) is 4.98 Å². The van der Waals surface area contributed by atoms with Crippen LogP contribution in [0.25, 0.3) is 27.9 Å². The van der Waals surface area contributed by atoms with Crippen molar-refractivity contribution in [3.8, 4) is 11.1 Å². The van der Waals surface area contributed by atoms with Gasteiger partial charge in [-0.1, -0.05) is 43.0 Å². The molecule has 8 heteroatoms. The standard InChI is InChI=1S/C27H33ClN6O/c1-3-31-27-32-15-20-12-22(21-10-9-19(13-23(21)28)24(30)11-17(2)14-29)26(35)34(25(20)33-27)16-18-7-5-4-6-8-18/h9-15,18H,3-8,16,29-30H2,1-2H3,(H,31,32,33)/b17-14-,24-11-. The van der Waals surface area contributed by atoms with Crippen molar-refractivity contribution < 1.29 is 0 Å². The smallest absolute Gasteiger partial charge is 0.260 e. The molecule has 4 rings (SSSR count). The summed E-state index contributed by atoms with van der Waals surface area (Å²) in [4.78, 5) is 23.0. The van der Waals surface area contributed by atoms with Crippen molar-refractivity contribution in [3.63, 3.8) is 0 Å². The lowest BCUT2D eigenvalue weighted by molar-refractivity contribution is 0.319. The van der Waals surface area contributed by atoms with Crippen molar-refractivity contribution in [1.82, 2.24) is 14.5 Å². The third-order valence-electron chi connectivity index (χ3n) is 6.57. The van der Waals surface area contributed by atoms with Crippen LogP contribution in [0.3, 0.4) is 0 Å². The number of rotatable bonds is 7. The predicted octanol–water partition coefficient (Wildman–Crippen LogP) is 5.29. The van der Waals surface area contributed by atoms with Gasteiger partial charge in [-0.25, -0.2) is 4.98 Å². The van der Waals surface area contributed by atoms with Gasteiger partial charge in [0.1, 0.15) is 5.65 Å². The summed E-state index contributed by atoms with van der Waals surface area (Å²) in [5.41, 5.74) is 15.7. The molecule has 1 aromatic carbocycles. The minimum absolute atomic E-state index is 0.0932. The topological polar surface area (TPSA) is 112 Å². The molecule has 0 amide bonds. The number of nitrogens with two attached hydrogens (primary N) is 2. The summed E-state index contributed by atoms with van der Waals surface area (Å²) < 4.78 is 1.82. The fraction of sp³-hybridized carbons (Fsp3) is 0.370. The highest BCUT2D eigenvalue weighted by Crippen LogP contribution is 2.31. The van der Waals surface area contributed by atoms with E-state index in [1.165, 1.54) is 25.5 Å². The van der Waals surface area contributed by atoms with Crippen molar-refractivity contribution >= 4 is 34.3 Å². The van der Waals surface area contributed by atoms with Gasteiger partial charge >= 0.3 is 0 Å². The largest absolute Gasteiger partial charge is 0.404 e. The maximum atomic E-state index is 13.8. The van der Waals surface area contributed by atoms with Gasteiger partial charge in [-0.3, -0.25) is 9.36 Å². The maximum Gasteiger partial charge on any atom is 0.260 e. The molecule has 2 aromatic heterocycles. The Bertz CT molecular complexity index is 1340. The zero-order valence-corrected chi connectivity index (χ0v) is 21.1. The minimum atomic E-state index is -0.0932. The van der Waals surface area contributed by atoms with Crippen LogP contribution in [0, 0.1) is 5.92 Å². The zero-order chi connectivity index (χ0) is 24.9. The molecule has 0 spiro atoms. The lowest BCUT2D eigenvalue weighted by Crippen LogP contribution is -2.27. The van der Waals surface area contributed by atoms with E-state index in [-0.39, 0.29) is 5.56 Å². The number of benzene rings is 1. The van der Waals surface area contributed by atoms with Crippen LogP contribution in [-0.2, 0) is 6.54 Å². The number of allylic oxidation sites excluding steroid dienone is 2. The predicted molar refractivity (Wildman–Crippen MR) is 145 cm³/mol. The molecule has 0 atom stereocenters. The monoisotopic (exact) mass is 492 g/mol. The van der Waals surface area contributed by atoms with Crippen molar-refractivity contribution in [1.29, 1.82) is 0 Å². The minimum Gasteiger partial charge on any atom is -0.404 e. The molecule has 184 valence electrons. The highest BCUT2D eigenvalue weighted by Gasteiger charge is 2.20. The first-order valence-electron chi connectivity index (χ1n) is 12.2. The first-order chi connectivity index (χ1) is 16.9. The molecule has 0 saturated heterocycles. The van der Waals surface area contributed by atoms with Crippen LogP contribution < -0.4 is 22.3 Å². The van der Waals surface area contributed by atoms with E-state index in [0.29, 0.717) is 52.4 Å². The van der Waals surface area contributed by atoms with E-state index in [9.17, 15) is 4.79 Å². The molecule has 7 nitrogen and oxygen atoms in total. The molecule has 1 aliphatic rings. The Morgan fingerprint density at radius 3 is 2.69 bits per heavy atom. The number of fused-ring (bicyclic) bond motifs is 1. The van der Waals surface area contributed by atoms with Crippen LogP contribution in [0.4, 0.5) is 5.95 Å². The summed E-state index contributed by atoms with van der Waals surface area (Å²) in [6, 6.07) is 7.34. The normalized spacial score (nSPS) is 15.5. The van der Waals surface area contributed by atoms with Crippen LogP contribution in [0.5, 0.6) is 0 Å². The van der Waals surface area contributed by atoms with Crippen molar-refractivity contribution in [2.45, 2.75) is 52.5 Å². The van der Waals surface area contributed by atoms with E-state index in [1.807, 2.05) is 36.6 Å². The molecule has 2 heterocycles. The van der Waals surface area contributed by atoms with E-state index >= 15 is 0 Å². The molecule has 35 heavy (non-hydrogen) atoms. The summed E-state index contributed by atoms with van der Waals surface area (Å²) in [7, 11) is 0. The Kier molecular flexibility index (Phi) is 7.76. The van der Waals surface area contributed by atoms with Gasteiger partial charge < -0.3 is 16.8 Å². The molecule has 0 bridgehead atoms. The van der Waals surface area contributed by atoms with Gasteiger partial charge in [0.25, 0.3) is 5.56 Å². The Morgan fingerprint density at radius 2 is 2.00 bits per heavy atom. The van der Waals surface area contributed by atoms with E-state index in [0.717, 1.165) is 29.4 Å². The number of aromatic nitrogens is 3.